The molecule has 0 fully saturated rings. The minimum Gasteiger partial charge on any atom is -0.493 e. The summed E-state index contributed by atoms with van der Waals surface area (Å²) in [4.78, 5) is 0. The summed E-state index contributed by atoms with van der Waals surface area (Å²) in [5, 5.41) is 8.22. The Morgan fingerprint density at radius 1 is 1.40 bits per heavy atom. The van der Waals surface area contributed by atoms with Crippen LogP contribution >= 0.6 is 0 Å². The highest BCUT2D eigenvalue weighted by Crippen LogP contribution is 2.12. The number of hydrogen-bond acceptors (Lipinski definition) is 2. The number of allylic oxidation sites excluding steroid dienone is 1. The molecule has 0 amide bonds. The van der Waals surface area contributed by atoms with Crippen LogP contribution in [-0.2, 0) is 0 Å². The molecule has 0 saturated heterocycles. The molecule has 1 heterocycles. The van der Waals surface area contributed by atoms with Crippen molar-refractivity contribution in [1.82, 2.24) is 0 Å². The van der Waals surface area contributed by atoms with Crippen LogP contribution in [0.1, 0.15) is 18.6 Å². The lowest BCUT2D eigenvalue weighted by atomic mass is 9.88. The predicted octanol–water partition coefficient (Wildman–Crippen LogP) is 2.65. The van der Waals surface area contributed by atoms with E-state index in [1.807, 2.05) is 6.07 Å². The molecule has 0 aliphatic heterocycles. The van der Waals surface area contributed by atoms with Gasteiger partial charge in [-0.25, -0.2) is 0 Å². The minimum atomic E-state index is -5.06. The van der Waals surface area contributed by atoms with E-state index in [4.69, 9.17) is 5.26 Å². The van der Waals surface area contributed by atoms with Crippen molar-refractivity contribution in [2.45, 2.75) is 12.8 Å². The Kier molecular flexibility index (Phi) is 3.61. The monoisotopic (exact) mass is 214 g/mol. The Hall–Kier alpha value is -1.64. The third-order valence-corrected chi connectivity index (χ3v) is 1.68. The first-order valence-electron chi connectivity index (χ1n) is 4.37. The lowest BCUT2D eigenvalue weighted by Crippen LogP contribution is -2.32. The van der Waals surface area contributed by atoms with Crippen molar-refractivity contribution in [2.75, 3.05) is 0 Å². The molecule has 80 valence electrons. The third-order valence-electron chi connectivity index (χ3n) is 1.68. The predicted molar refractivity (Wildman–Crippen MR) is 51.3 cm³/mol. The largest absolute Gasteiger partial charge is 0.544 e. The molecule has 0 saturated carbocycles. The van der Waals surface area contributed by atoms with Gasteiger partial charge in [0.15, 0.2) is 0 Å². The number of unbranched alkanes of at least 4 members (excludes halogenated alkanes) is 1. The summed E-state index contributed by atoms with van der Waals surface area (Å²) in [5.74, 6) is 0.155. The van der Waals surface area contributed by atoms with E-state index in [1.54, 1.807) is 6.08 Å². The molecule has 1 rings (SSSR count). The standard InChI is InChI=1S/C9H8BF3NO/c11-10(12,13)9-6-5-8(15-9)4-2-1-3-7-14/h2,4-6H,1,3H2/q-1/b4-2-. The molecule has 0 bridgehead atoms. The zero-order valence-corrected chi connectivity index (χ0v) is 7.79. The fourth-order valence-electron chi connectivity index (χ4n) is 0.981. The summed E-state index contributed by atoms with van der Waals surface area (Å²) in [6.45, 7) is -5.06. The normalized spacial score (nSPS) is 11.9. The summed E-state index contributed by atoms with van der Waals surface area (Å²) < 4.78 is 41.0. The third kappa shape index (κ3) is 3.54. The summed E-state index contributed by atoms with van der Waals surface area (Å²) in [6, 6.07) is 4.09. The molecule has 0 spiro atoms. The van der Waals surface area contributed by atoms with E-state index in [0.717, 1.165) is 6.07 Å². The van der Waals surface area contributed by atoms with Crippen LogP contribution in [0.3, 0.4) is 0 Å². The van der Waals surface area contributed by atoms with Gasteiger partial charge in [-0.05, 0) is 18.6 Å². The molecule has 0 atom stereocenters. The Labute approximate surface area is 85.1 Å². The quantitative estimate of drug-likeness (QED) is 0.570. The molecule has 0 aliphatic carbocycles. The van der Waals surface area contributed by atoms with Crippen molar-refractivity contribution < 1.29 is 17.4 Å². The average molecular weight is 214 g/mol. The SMILES string of the molecule is N#CCC/C=C\c1ccc([B-](F)(F)F)o1. The van der Waals surface area contributed by atoms with Crippen molar-refractivity contribution in [3.05, 3.63) is 24.0 Å². The summed E-state index contributed by atoms with van der Waals surface area (Å²) in [5.41, 5.74) is -0.949. The fourth-order valence-corrected chi connectivity index (χ4v) is 0.981. The second-order valence-corrected chi connectivity index (χ2v) is 2.91. The van der Waals surface area contributed by atoms with Gasteiger partial charge in [0.05, 0.1) is 6.07 Å². The Morgan fingerprint density at radius 2 is 2.13 bits per heavy atom. The van der Waals surface area contributed by atoms with Crippen LogP contribution in [-0.4, -0.2) is 6.98 Å². The molecular weight excluding hydrogens is 206 g/mol. The Bertz CT molecular complexity index is 389. The number of nitriles is 1. The van der Waals surface area contributed by atoms with E-state index in [1.165, 1.54) is 12.1 Å². The summed E-state index contributed by atoms with van der Waals surface area (Å²) in [7, 11) is 0. The molecule has 0 aromatic carbocycles. The van der Waals surface area contributed by atoms with Crippen LogP contribution in [0.15, 0.2) is 22.6 Å². The molecule has 1 aromatic rings. The average Bonchev–Trinajstić information content (AvgIpc) is 2.60. The highest BCUT2D eigenvalue weighted by molar-refractivity contribution is 6.72. The van der Waals surface area contributed by atoms with E-state index >= 15 is 0 Å². The zero-order valence-electron chi connectivity index (χ0n) is 7.79. The molecule has 6 heteroatoms. The first-order chi connectivity index (χ1) is 7.04. The van der Waals surface area contributed by atoms with Crippen molar-refractivity contribution >= 4 is 18.7 Å². The number of halogens is 3. The van der Waals surface area contributed by atoms with Gasteiger partial charge in [-0.2, -0.15) is 5.26 Å². The summed E-state index contributed by atoms with van der Waals surface area (Å²) in [6.07, 6.45) is 3.88. The van der Waals surface area contributed by atoms with Crippen molar-refractivity contribution in [1.29, 1.82) is 5.26 Å². The zero-order chi connectivity index (χ0) is 11.3. The van der Waals surface area contributed by atoms with E-state index in [9.17, 15) is 12.9 Å². The lowest BCUT2D eigenvalue weighted by molar-refractivity contribution is 0.463. The number of nitrogens with zero attached hydrogens (tertiary/aromatic N) is 1. The topological polar surface area (TPSA) is 36.9 Å². The van der Waals surface area contributed by atoms with E-state index in [-0.39, 0.29) is 5.76 Å². The van der Waals surface area contributed by atoms with Gasteiger partial charge in [-0.3, -0.25) is 0 Å². The second-order valence-electron chi connectivity index (χ2n) is 2.91. The highest BCUT2D eigenvalue weighted by Gasteiger charge is 2.29. The lowest BCUT2D eigenvalue weighted by Gasteiger charge is -2.09. The number of furan rings is 1. The summed E-state index contributed by atoms with van der Waals surface area (Å²) >= 11 is 0. The molecule has 1 aromatic heterocycles. The first kappa shape index (κ1) is 11.4. The van der Waals surface area contributed by atoms with Gasteiger partial charge in [-0.1, -0.05) is 12.1 Å². The maximum atomic E-state index is 12.1. The van der Waals surface area contributed by atoms with Crippen LogP contribution < -0.4 is 5.66 Å². The number of rotatable bonds is 4. The highest BCUT2D eigenvalue weighted by atomic mass is 19.4. The van der Waals surface area contributed by atoms with E-state index in [2.05, 4.69) is 4.42 Å². The molecule has 15 heavy (non-hydrogen) atoms. The Morgan fingerprint density at radius 3 is 2.67 bits per heavy atom. The fraction of sp³-hybridized carbons (Fsp3) is 0.222. The van der Waals surface area contributed by atoms with Crippen LogP contribution in [0.25, 0.3) is 6.08 Å². The molecule has 0 aliphatic rings. The van der Waals surface area contributed by atoms with Crippen LogP contribution in [0.4, 0.5) is 12.9 Å². The molecular formula is C9H8BF3NO-. The van der Waals surface area contributed by atoms with Gasteiger partial charge < -0.3 is 17.4 Å². The maximum absolute atomic E-state index is 12.1. The maximum Gasteiger partial charge on any atom is 0.544 e. The van der Waals surface area contributed by atoms with Gasteiger partial charge in [0, 0.05) is 12.1 Å². The molecule has 0 N–H and O–H groups in total. The molecule has 2 nitrogen and oxygen atoms in total. The van der Waals surface area contributed by atoms with Crippen molar-refractivity contribution in [3.8, 4) is 6.07 Å². The van der Waals surface area contributed by atoms with Crippen molar-refractivity contribution in [3.63, 3.8) is 0 Å². The van der Waals surface area contributed by atoms with Gasteiger partial charge in [-0.15, -0.1) is 0 Å². The van der Waals surface area contributed by atoms with Crippen LogP contribution in [0.5, 0.6) is 0 Å². The van der Waals surface area contributed by atoms with E-state index in [0.29, 0.717) is 12.8 Å². The molecule has 0 radical (unpaired) electrons. The van der Waals surface area contributed by atoms with E-state index < -0.39 is 12.6 Å². The van der Waals surface area contributed by atoms with Gasteiger partial charge in [0.25, 0.3) is 0 Å². The second kappa shape index (κ2) is 4.74. The molecule has 0 unspecified atom stereocenters. The van der Waals surface area contributed by atoms with Crippen LogP contribution in [0.2, 0.25) is 0 Å². The first-order valence-corrected chi connectivity index (χ1v) is 4.37. The Balaban J connectivity index is 2.62. The van der Waals surface area contributed by atoms with Gasteiger partial charge in [0.1, 0.15) is 5.76 Å². The number of hydrogen-bond donors (Lipinski definition) is 0. The van der Waals surface area contributed by atoms with Gasteiger partial charge >= 0.3 is 6.98 Å². The smallest absolute Gasteiger partial charge is 0.493 e. The van der Waals surface area contributed by atoms with Crippen molar-refractivity contribution in [2.24, 2.45) is 0 Å². The minimum absolute atomic E-state index is 0.155. The van der Waals surface area contributed by atoms with Crippen LogP contribution in [0, 0.1) is 11.3 Å². The van der Waals surface area contributed by atoms with Gasteiger partial charge in [0.2, 0.25) is 0 Å².